The lowest BCUT2D eigenvalue weighted by Crippen LogP contribution is -2.16. The number of hydrogen-bond acceptors (Lipinski definition) is 6. The highest BCUT2D eigenvalue weighted by Crippen LogP contribution is 2.17. The van der Waals surface area contributed by atoms with E-state index in [9.17, 15) is 14.9 Å². The van der Waals surface area contributed by atoms with E-state index in [0.717, 1.165) is 26.4 Å². The molecule has 1 fully saturated rings. The Morgan fingerprint density at radius 1 is 1.19 bits per heavy atom. The van der Waals surface area contributed by atoms with E-state index < -0.39 is 10.9 Å². The lowest BCUT2D eigenvalue weighted by atomic mass is 10.3. The first-order valence-electron chi connectivity index (χ1n) is 6.28. The van der Waals surface area contributed by atoms with Gasteiger partial charge in [0.05, 0.1) is 31.4 Å². The van der Waals surface area contributed by atoms with Gasteiger partial charge in [0.1, 0.15) is 5.75 Å². The summed E-state index contributed by atoms with van der Waals surface area (Å²) in [7, 11) is 0. The van der Waals surface area contributed by atoms with Crippen molar-refractivity contribution in [3.63, 3.8) is 0 Å². The third kappa shape index (κ3) is 6.64. The van der Waals surface area contributed by atoms with Crippen molar-refractivity contribution in [1.82, 2.24) is 0 Å². The molecule has 7 nitrogen and oxygen atoms in total. The van der Waals surface area contributed by atoms with Gasteiger partial charge in [-0.1, -0.05) is 6.58 Å². The lowest BCUT2D eigenvalue weighted by molar-refractivity contribution is -0.384. The average molecular weight is 295 g/mol. The number of esters is 1. The monoisotopic (exact) mass is 295 g/mol. The molecule has 0 amide bonds. The summed E-state index contributed by atoms with van der Waals surface area (Å²) < 4.78 is 14.7. The molecule has 0 atom stereocenters. The summed E-state index contributed by atoms with van der Waals surface area (Å²) in [6, 6.07) is 5.25. The van der Waals surface area contributed by atoms with Crippen molar-refractivity contribution in [3.8, 4) is 5.75 Å². The summed E-state index contributed by atoms with van der Waals surface area (Å²) in [5.74, 6) is -0.294. The summed E-state index contributed by atoms with van der Waals surface area (Å²) in [4.78, 5) is 20.9. The molecule has 0 radical (unpaired) electrons. The molecule has 0 bridgehead atoms. The molecule has 2 rings (SSSR count). The molecular weight excluding hydrogens is 278 g/mol. The molecule has 21 heavy (non-hydrogen) atoms. The second-order valence-electron chi connectivity index (χ2n) is 4.15. The van der Waals surface area contributed by atoms with Crippen LogP contribution in [0.4, 0.5) is 5.69 Å². The van der Waals surface area contributed by atoms with Crippen LogP contribution in [0.5, 0.6) is 5.75 Å². The first-order chi connectivity index (χ1) is 10.0. The number of benzene rings is 1. The van der Waals surface area contributed by atoms with Gasteiger partial charge in [-0.15, -0.1) is 0 Å². The minimum absolute atomic E-state index is 0.0508. The average Bonchev–Trinajstić information content (AvgIpc) is 2.50. The molecule has 1 aromatic carbocycles. The van der Waals surface area contributed by atoms with Gasteiger partial charge in [-0.05, 0) is 19.1 Å². The molecule has 1 heterocycles. The predicted octanol–water partition coefficient (Wildman–Crippen LogP) is 2.11. The van der Waals surface area contributed by atoms with Gasteiger partial charge in [0.15, 0.2) is 0 Å². The van der Waals surface area contributed by atoms with Crippen molar-refractivity contribution < 1.29 is 23.9 Å². The SMILES string of the molecule is C1COCCO1.C=C(C)C(=O)Oc1ccc([N+](=O)[O-])cc1. The van der Waals surface area contributed by atoms with Crippen molar-refractivity contribution in [2.75, 3.05) is 26.4 Å². The summed E-state index contributed by atoms with van der Waals surface area (Å²) in [6.07, 6.45) is 0. The van der Waals surface area contributed by atoms with E-state index in [4.69, 9.17) is 14.2 Å². The van der Waals surface area contributed by atoms with Crippen molar-refractivity contribution in [2.45, 2.75) is 6.92 Å². The molecular formula is C14H17NO6. The third-order valence-electron chi connectivity index (χ3n) is 2.35. The Balaban J connectivity index is 0.000000304. The number of nitrogens with zero attached hydrogens (tertiary/aromatic N) is 1. The van der Waals surface area contributed by atoms with E-state index in [1.807, 2.05) is 0 Å². The normalized spacial score (nSPS) is 13.6. The molecule has 0 spiro atoms. The van der Waals surface area contributed by atoms with Crippen LogP contribution in [0.2, 0.25) is 0 Å². The molecule has 0 unspecified atom stereocenters. The van der Waals surface area contributed by atoms with E-state index in [-0.39, 0.29) is 17.0 Å². The van der Waals surface area contributed by atoms with Gasteiger partial charge in [0, 0.05) is 17.7 Å². The molecule has 1 aliphatic heterocycles. The van der Waals surface area contributed by atoms with E-state index in [1.165, 1.54) is 31.2 Å². The van der Waals surface area contributed by atoms with Crippen LogP contribution in [0.15, 0.2) is 36.4 Å². The fourth-order valence-electron chi connectivity index (χ4n) is 1.27. The topological polar surface area (TPSA) is 87.9 Å². The van der Waals surface area contributed by atoms with Gasteiger partial charge in [-0.2, -0.15) is 0 Å². The van der Waals surface area contributed by atoms with Crippen LogP contribution >= 0.6 is 0 Å². The quantitative estimate of drug-likeness (QED) is 0.279. The fourth-order valence-corrected chi connectivity index (χ4v) is 1.27. The lowest BCUT2D eigenvalue weighted by Gasteiger charge is -2.09. The Morgan fingerprint density at radius 2 is 1.67 bits per heavy atom. The zero-order valence-electron chi connectivity index (χ0n) is 11.7. The van der Waals surface area contributed by atoms with Crippen molar-refractivity contribution in [1.29, 1.82) is 0 Å². The van der Waals surface area contributed by atoms with Gasteiger partial charge in [-0.3, -0.25) is 10.1 Å². The minimum Gasteiger partial charge on any atom is -0.423 e. The number of hydrogen-bond donors (Lipinski definition) is 0. The Bertz CT molecular complexity index is 481. The maximum absolute atomic E-state index is 11.1. The summed E-state index contributed by atoms with van der Waals surface area (Å²) in [6.45, 7) is 8.05. The van der Waals surface area contributed by atoms with Gasteiger partial charge < -0.3 is 14.2 Å². The number of nitro groups is 1. The standard InChI is InChI=1S/C10H9NO4.C4H8O2/c1-7(2)10(12)15-9-5-3-8(4-6-9)11(13)14;1-2-6-4-3-5-1/h3-6H,1H2,2H3;1-4H2. The molecule has 0 N–H and O–H groups in total. The zero-order valence-corrected chi connectivity index (χ0v) is 11.7. The Morgan fingerprint density at radius 3 is 2.00 bits per heavy atom. The van der Waals surface area contributed by atoms with Gasteiger partial charge >= 0.3 is 5.97 Å². The van der Waals surface area contributed by atoms with Crippen molar-refractivity contribution >= 4 is 11.7 Å². The van der Waals surface area contributed by atoms with Crippen molar-refractivity contribution in [2.24, 2.45) is 0 Å². The summed E-state index contributed by atoms with van der Waals surface area (Å²) in [5.41, 5.74) is 0.221. The number of ether oxygens (including phenoxy) is 3. The first-order valence-corrected chi connectivity index (χ1v) is 6.28. The molecule has 0 aliphatic carbocycles. The molecule has 1 aromatic rings. The summed E-state index contributed by atoms with van der Waals surface area (Å²) in [5, 5.41) is 10.3. The number of carbonyl (C=O) groups is 1. The van der Waals surface area contributed by atoms with Gasteiger partial charge in [0.25, 0.3) is 5.69 Å². The second-order valence-corrected chi connectivity index (χ2v) is 4.15. The second kappa shape index (κ2) is 8.83. The molecule has 7 heteroatoms. The minimum atomic E-state index is -0.552. The van der Waals surface area contributed by atoms with Crippen LogP contribution in [0.3, 0.4) is 0 Å². The maximum atomic E-state index is 11.1. The highest BCUT2D eigenvalue weighted by Gasteiger charge is 2.08. The number of non-ortho nitro benzene ring substituents is 1. The van der Waals surface area contributed by atoms with Crippen LogP contribution in [-0.4, -0.2) is 37.3 Å². The predicted molar refractivity (Wildman–Crippen MR) is 75.2 cm³/mol. The van der Waals surface area contributed by atoms with Crippen LogP contribution < -0.4 is 4.74 Å². The molecule has 1 saturated heterocycles. The Labute approximate surface area is 122 Å². The fraction of sp³-hybridized carbons (Fsp3) is 0.357. The van der Waals surface area contributed by atoms with E-state index in [0.29, 0.717) is 0 Å². The largest absolute Gasteiger partial charge is 0.423 e. The van der Waals surface area contributed by atoms with E-state index in [1.54, 1.807) is 0 Å². The van der Waals surface area contributed by atoms with Gasteiger partial charge in [-0.25, -0.2) is 4.79 Å². The third-order valence-corrected chi connectivity index (χ3v) is 2.35. The molecule has 1 aliphatic rings. The highest BCUT2D eigenvalue weighted by molar-refractivity contribution is 5.88. The first kappa shape index (κ1) is 16.8. The van der Waals surface area contributed by atoms with E-state index in [2.05, 4.69) is 6.58 Å². The smallest absolute Gasteiger partial charge is 0.338 e. The Hall–Kier alpha value is -2.25. The van der Waals surface area contributed by atoms with Crippen LogP contribution in [0.25, 0.3) is 0 Å². The number of rotatable bonds is 3. The van der Waals surface area contributed by atoms with Crippen LogP contribution in [-0.2, 0) is 14.3 Å². The van der Waals surface area contributed by atoms with Crippen LogP contribution in [0, 0.1) is 10.1 Å². The Kier molecular flexibility index (Phi) is 7.06. The van der Waals surface area contributed by atoms with Gasteiger partial charge in [0.2, 0.25) is 0 Å². The summed E-state index contributed by atoms with van der Waals surface area (Å²) >= 11 is 0. The maximum Gasteiger partial charge on any atom is 0.338 e. The molecule has 0 saturated carbocycles. The highest BCUT2D eigenvalue weighted by atomic mass is 16.6. The van der Waals surface area contributed by atoms with Crippen molar-refractivity contribution in [3.05, 3.63) is 46.5 Å². The van der Waals surface area contributed by atoms with Crippen LogP contribution in [0.1, 0.15) is 6.92 Å². The zero-order chi connectivity index (χ0) is 15.7. The molecule has 0 aromatic heterocycles. The number of carbonyl (C=O) groups excluding carboxylic acids is 1. The van der Waals surface area contributed by atoms with E-state index >= 15 is 0 Å². The molecule has 114 valence electrons. The number of nitro benzene ring substituents is 1.